The molecule has 0 saturated heterocycles. The molecule has 3 rings (SSSR count). The molecule has 0 radical (unpaired) electrons. The van der Waals surface area contributed by atoms with Gasteiger partial charge in [0.1, 0.15) is 5.75 Å². The van der Waals surface area contributed by atoms with E-state index in [2.05, 4.69) is 10.2 Å². The number of aromatic nitrogens is 2. The average molecular weight is 260 g/mol. The quantitative estimate of drug-likeness (QED) is 0.661. The van der Waals surface area contributed by atoms with Crippen LogP contribution in [-0.2, 0) is 0 Å². The Morgan fingerprint density at radius 2 is 2.17 bits per heavy atom. The number of aromatic hydroxyl groups is 1. The first-order valence-corrected chi connectivity index (χ1v) is 5.97. The van der Waals surface area contributed by atoms with Crippen molar-refractivity contribution in [3.05, 3.63) is 36.0 Å². The van der Waals surface area contributed by atoms with Gasteiger partial charge in [-0.3, -0.25) is 5.10 Å². The first-order chi connectivity index (χ1) is 8.65. The summed E-state index contributed by atoms with van der Waals surface area (Å²) in [6.07, 6.45) is 0. The number of thiophene rings is 1. The third kappa shape index (κ3) is 1.63. The number of aromatic amines is 1. The Hall–Kier alpha value is -2.34. The molecule has 0 fully saturated rings. The van der Waals surface area contributed by atoms with Crippen LogP contribution in [0.3, 0.4) is 0 Å². The Morgan fingerprint density at radius 3 is 2.83 bits per heavy atom. The standard InChI is InChI=1S/C12H8N2O3S/c15-9-2-1-3-10-6(9)4-11(18-10)7-5-8(12(16)17)14-13-7/h1-5,15H,(H,13,14)(H,16,17). The third-order valence-electron chi connectivity index (χ3n) is 2.60. The molecule has 3 aromatic rings. The molecule has 0 aliphatic heterocycles. The van der Waals surface area contributed by atoms with Crippen molar-refractivity contribution in [2.24, 2.45) is 0 Å². The monoisotopic (exact) mass is 260 g/mol. The first kappa shape index (κ1) is 10.8. The highest BCUT2D eigenvalue weighted by atomic mass is 32.1. The van der Waals surface area contributed by atoms with Crippen LogP contribution in [-0.4, -0.2) is 26.4 Å². The van der Waals surface area contributed by atoms with E-state index in [1.807, 2.05) is 12.1 Å². The Balaban J connectivity index is 2.13. The Labute approximate surface area is 105 Å². The maximum absolute atomic E-state index is 10.8. The molecule has 0 spiro atoms. The van der Waals surface area contributed by atoms with Crippen molar-refractivity contribution in [1.29, 1.82) is 0 Å². The van der Waals surface area contributed by atoms with E-state index in [0.717, 1.165) is 15.0 Å². The molecule has 0 bridgehead atoms. The van der Waals surface area contributed by atoms with Crippen LogP contribution >= 0.6 is 11.3 Å². The highest BCUT2D eigenvalue weighted by Gasteiger charge is 2.12. The van der Waals surface area contributed by atoms with E-state index < -0.39 is 5.97 Å². The first-order valence-electron chi connectivity index (χ1n) is 5.16. The minimum atomic E-state index is -1.07. The molecule has 5 nitrogen and oxygen atoms in total. The Bertz CT molecular complexity index is 745. The molecule has 2 aromatic heterocycles. The zero-order chi connectivity index (χ0) is 12.7. The van der Waals surface area contributed by atoms with Gasteiger partial charge in [-0.05, 0) is 24.3 Å². The van der Waals surface area contributed by atoms with Gasteiger partial charge in [-0.1, -0.05) is 6.07 Å². The molecule has 0 atom stereocenters. The molecule has 6 heteroatoms. The van der Waals surface area contributed by atoms with E-state index in [0.29, 0.717) is 5.69 Å². The van der Waals surface area contributed by atoms with Crippen molar-refractivity contribution >= 4 is 27.4 Å². The highest BCUT2D eigenvalue weighted by molar-refractivity contribution is 7.22. The van der Waals surface area contributed by atoms with Gasteiger partial charge in [-0.25, -0.2) is 4.79 Å². The van der Waals surface area contributed by atoms with Crippen molar-refractivity contribution in [3.8, 4) is 16.3 Å². The summed E-state index contributed by atoms with van der Waals surface area (Å²) >= 11 is 1.47. The number of phenolic OH excluding ortho intramolecular Hbond substituents is 1. The lowest BCUT2D eigenvalue weighted by Crippen LogP contribution is -1.95. The van der Waals surface area contributed by atoms with Crippen LogP contribution in [0.2, 0.25) is 0 Å². The number of hydrogen-bond donors (Lipinski definition) is 3. The fourth-order valence-corrected chi connectivity index (χ4v) is 2.78. The van der Waals surface area contributed by atoms with Crippen molar-refractivity contribution in [1.82, 2.24) is 10.2 Å². The van der Waals surface area contributed by atoms with Gasteiger partial charge in [0.2, 0.25) is 0 Å². The Morgan fingerprint density at radius 1 is 1.33 bits per heavy atom. The number of H-pyrrole nitrogens is 1. The number of nitrogens with one attached hydrogen (secondary N) is 1. The smallest absolute Gasteiger partial charge is 0.356 e. The largest absolute Gasteiger partial charge is 0.507 e. The van der Waals surface area contributed by atoms with Crippen molar-refractivity contribution < 1.29 is 15.0 Å². The summed E-state index contributed by atoms with van der Waals surface area (Å²) in [5.74, 6) is -0.852. The second-order valence-corrected chi connectivity index (χ2v) is 4.86. The number of carboxylic acid groups (broad SMARTS) is 1. The van der Waals surface area contributed by atoms with Crippen molar-refractivity contribution in [2.45, 2.75) is 0 Å². The highest BCUT2D eigenvalue weighted by Crippen LogP contribution is 2.36. The second-order valence-electron chi connectivity index (χ2n) is 3.77. The van der Waals surface area contributed by atoms with E-state index in [1.165, 1.54) is 17.4 Å². The molecule has 0 unspecified atom stereocenters. The van der Waals surface area contributed by atoms with Gasteiger partial charge in [0, 0.05) is 10.1 Å². The summed E-state index contributed by atoms with van der Waals surface area (Å²) in [5, 5.41) is 25.7. The van der Waals surface area contributed by atoms with Gasteiger partial charge in [0.15, 0.2) is 5.69 Å². The molecule has 0 saturated carbocycles. The molecule has 90 valence electrons. The van der Waals surface area contributed by atoms with Gasteiger partial charge in [0.05, 0.1) is 10.6 Å². The summed E-state index contributed by atoms with van der Waals surface area (Å²) in [5.41, 5.74) is 0.611. The minimum Gasteiger partial charge on any atom is -0.507 e. The molecule has 0 aliphatic carbocycles. The van der Waals surface area contributed by atoms with Crippen LogP contribution < -0.4 is 0 Å². The van der Waals surface area contributed by atoms with E-state index in [9.17, 15) is 9.90 Å². The molecular weight excluding hydrogens is 252 g/mol. The summed E-state index contributed by atoms with van der Waals surface area (Å²) in [6.45, 7) is 0. The van der Waals surface area contributed by atoms with E-state index in [-0.39, 0.29) is 11.4 Å². The summed E-state index contributed by atoms with van der Waals surface area (Å²) < 4.78 is 0.941. The van der Waals surface area contributed by atoms with Crippen LogP contribution in [0.5, 0.6) is 5.75 Å². The van der Waals surface area contributed by atoms with E-state index in [4.69, 9.17) is 5.11 Å². The number of benzene rings is 1. The summed E-state index contributed by atoms with van der Waals surface area (Å²) in [4.78, 5) is 11.6. The lowest BCUT2D eigenvalue weighted by molar-refractivity contribution is 0.0690. The molecule has 0 amide bonds. The predicted octanol–water partition coefficient (Wildman–Crippen LogP) is 2.70. The molecule has 0 aliphatic rings. The maximum atomic E-state index is 10.8. The van der Waals surface area contributed by atoms with E-state index >= 15 is 0 Å². The maximum Gasteiger partial charge on any atom is 0.356 e. The van der Waals surface area contributed by atoms with Gasteiger partial charge < -0.3 is 10.2 Å². The summed E-state index contributed by atoms with van der Waals surface area (Å²) in [7, 11) is 0. The zero-order valence-electron chi connectivity index (χ0n) is 9.04. The molecule has 18 heavy (non-hydrogen) atoms. The predicted molar refractivity (Wildman–Crippen MR) is 68.0 cm³/mol. The lowest BCUT2D eigenvalue weighted by Gasteiger charge is -1.90. The van der Waals surface area contributed by atoms with Gasteiger partial charge in [-0.2, -0.15) is 5.10 Å². The SMILES string of the molecule is O=C(O)c1cc(-c2cc3c(O)cccc3s2)[nH]n1. The molecular formula is C12H8N2O3S. The number of aromatic carboxylic acids is 1. The fourth-order valence-electron chi connectivity index (χ4n) is 1.74. The van der Waals surface area contributed by atoms with Crippen LogP contribution in [0.1, 0.15) is 10.5 Å². The number of carbonyl (C=O) groups is 1. The number of rotatable bonds is 2. The van der Waals surface area contributed by atoms with Gasteiger partial charge in [-0.15, -0.1) is 11.3 Å². The van der Waals surface area contributed by atoms with Gasteiger partial charge >= 0.3 is 5.97 Å². The number of carboxylic acids is 1. The van der Waals surface area contributed by atoms with Crippen molar-refractivity contribution in [2.75, 3.05) is 0 Å². The lowest BCUT2D eigenvalue weighted by atomic mass is 10.2. The van der Waals surface area contributed by atoms with Crippen LogP contribution in [0, 0.1) is 0 Å². The van der Waals surface area contributed by atoms with Crippen molar-refractivity contribution in [3.63, 3.8) is 0 Å². The van der Waals surface area contributed by atoms with Crippen LogP contribution in [0.25, 0.3) is 20.7 Å². The number of fused-ring (bicyclic) bond motifs is 1. The topological polar surface area (TPSA) is 86.2 Å². The van der Waals surface area contributed by atoms with Crippen LogP contribution in [0.15, 0.2) is 30.3 Å². The number of nitrogens with zero attached hydrogens (tertiary/aromatic N) is 1. The molecule has 2 heterocycles. The van der Waals surface area contributed by atoms with Gasteiger partial charge in [0.25, 0.3) is 0 Å². The number of phenols is 1. The minimum absolute atomic E-state index is 0.0216. The average Bonchev–Trinajstić information content (AvgIpc) is 2.95. The van der Waals surface area contributed by atoms with E-state index in [1.54, 1.807) is 12.1 Å². The third-order valence-corrected chi connectivity index (χ3v) is 3.73. The summed E-state index contributed by atoms with van der Waals surface area (Å²) in [6, 6.07) is 8.58. The fraction of sp³-hybridized carbons (Fsp3) is 0. The second kappa shape index (κ2) is 3.85. The zero-order valence-corrected chi connectivity index (χ0v) is 9.86. The molecule has 3 N–H and O–H groups in total. The normalized spacial score (nSPS) is 10.9. The van der Waals surface area contributed by atoms with Crippen LogP contribution in [0.4, 0.5) is 0 Å². The molecule has 1 aromatic carbocycles. The Kier molecular flexibility index (Phi) is 2.31. The number of hydrogen-bond acceptors (Lipinski definition) is 4.